The molecule has 1 saturated carbocycles. The first-order valence-corrected chi connectivity index (χ1v) is 12.7. The highest BCUT2D eigenvalue weighted by molar-refractivity contribution is 7.10. The molecule has 0 N–H and O–H groups in total. The minimum absolute atomic E-state index is 0.0478. The Kier molecular flexibility index (Phi) is 9.27. The molecule has 0 spiro atoms. The number of benzene rings is 1. The number of carbonyl (C=O) groups excluding carboxylic acids is 2. The number of hydrogen-bond donors (Lipinski definition) is 0. The van der Waals surface area contributed by atoms with Crippen molar-refractivity contribution in [2.45, 2.75) is 84.3 Å². The van der Waals surface area contributed by atoms with Crippen LogP contribution in [0.4, 0.5) is 4.39 Å². The van der Waals surface area contributed by atoms with Crippen LogP contribution in [-0.4, -0.2) is 34.2 Å². The van der Waals surface area contributed by atoms with E-state index in [-0.39, 0.29) is 30.2 Å². The maximum atomic E-state index is 13.4. The van der Waals surface area contributed by atoms with Crippen LogP contribution in [0.15, 0.2) is 35.7 Å². The molecule has 1 aliphatic carbocycles. The fourth-order valence-corrected chi connectivity index (χ4v) is 4.78. The van der Waals surface area contributed by atoms with Crippen LogP contribution in [0.1, 0.15) is 74.3 Å². The van der Waals surface area contributed by atoms with Crippen molar-refractivity contribution < 1.29 is 14.0 Å². The van der Waals surface area contributed by atoms with E-state index < -0.39 is 0 Å². The topological polar surface area (TPSA) is 40.6 Å². The second-order valence-corrected chi connectivity index (χ2v) is 9.82. The first-order chi connectivity index (χ1) is 15.5. The number of thiophene rings is 1. The summed E-state index contributed by atoms with van der Waals surface area (Å²) in [6.45, 7) is 5.26. The Morgan fingerprint density at radius 3 is 2.34 bits per heavy atom. The summed E-state index contributed by atoms with van der Waals surface area (Å²) in [5, 5.41) is 2.03. The molecule has 1 aromatic heterocycles. The van der Waals surface area contributed by atoms with E-state index in [0.29, 0.717) is 19.5 Å². The molecule has 6 heteroatoms. The maximum Gasteiger partial charge on any atom is 0.242 e. The first-order valence-electron chi connectivity index (χ1n) is 11.8. The standard InChI is InChI=1S/C26H35FN2O2S/c1-3-4-5-6-7-8-25(30)29(23-13-14-23)19-26(31)28(18-24-20(2)15-16-32-24)17-21-9-11-22(27)12-10-21/h9-12,15-16,23H,3-8,13-14,17-19H2,1-2H3. The van der Waals surface area contributed by atoms with Gasteiger partial charge in [-0.1, -0.05) is 44.7 Å². The summed E-state index contributed by atoms with van der Waals surface area (Å²) >= 11 is 1.64. The van der Waals surface area contributed by atoms with Crippen molar-refractivity contribution in [3.8, 4) is 0 Å². The predicted octanol–water partition coefficient (Wildman–Crippen LogP) is 6.08. The molecule has 0 radical (unpaired) electrons. The van der Waals surface area contributed by atoms with Gasteiger partial charge in [0.1, 0.15) is 12.4 Å². The summed E-state index contributed by atoms with van der Waals surface area (Å²) in [7, 11) is 0. The van der Waals surface area contributed by atoms with E-state index in [9.17, 15) is 14.0 Å². The molecule has 0 saturated heterocycles. The van der Waals surface area contributed by atoms with Crippen molar-refractivity contribution in [3.63, 3.8) is 0 Å². The Balaban J connectivity index is 1.65. The molecule has 3 rings (SSSR count). The molecule has 0 unspecified atom stereocenters. The zero-order chi connectivity index (χ0) is 22.9. The van der Waals surface area contributed by atoms with Crippen molar-refractivity contribution in [1.82, 2.24) is 9.80 Å². The fourth-order valence-electron chi connectivity index (χ4n) is 3.86. The number of unbranched alkanes of at least 4 members (excludes halogenated alkanes) is 4. The van der Waals surface area contributed by atoms with Gasteiger partial charge >= 0.3 is 0 Å². The summed E-state index contributed by atoms with van der Waals surface area (Å²) in [6, 6.07) is 8.55. The number of hydrogen-bond acceptors (Lipinski definition) is 3. The van der Waals surface area contributed by atoms with Crippen LogP contribution in [0.3, 0.4) is 0 Å². The third kappa shape index (κ3) is 7.44. The SMILES string of the molecule is CCCCCCCC(=O)N(CC(=O)N(Cc1ccc(F)cc1)Cc1sccc1C)C1CC1. The molecule has 1 aliphatic rings. The smallest absolute Gasteiger partial charge is 0.242 e. The molecule has 0 aliphatic heterocycles. The second-order valence-electron chi connectivity index (χ2n) is 8.82. The molecule has 2 aromatic rings. The number of halogens is 1. The van der Waals surface area contributed by atoms with Gasteiger partial charge in [-0.2, -0.15) is 0 Å². The van der Waals surface area contributed by atoms with Crippen molar-refractivity contribution in [3.05, 3.63) is 57.5 Å². The summed E-state index contributed by atoms with van der Waals surface area (Å²) < 4.78 is 13.3. The third-order valence-electron chi connectivity index (χ3n) is 6.05. The molecule has 1 heterocycles. The molecule has 1 aromatic carbocycles. The van der Waals surface area contributed by atoms with Gasteiger partial charge in [-0.3, -0.25) is 9.59 Å². The van der Waals surface area contributed by atoms with Gasteiger partial charge in [0.25, 0.3) is 0 Å². The van der Waals surface area contributed by atoms with Gasteiger partial charge in [-0.15, -0.1) is 11.3 Å². The van der Waals surface area contributed by atoms with Crippen LogP contribution < -0.4 is 0 Å². The highest BCUT2D eigenvalue weighted by Crippen LogP contribution is 2.28. The van der Waals surface area contributed by atoms with E-state index >= 15 is 0 Å². The minimum atomic E-state index is -0.287. The lowest BCUT2D eigenvalue weighted by Gasteiger charge is -2.28. The molecule has 4 nitrogen and oxygen atoms in total. The van der Waals surface area contributed by atoms with Crippen molar-refractivity contribution in [2.24, 2.45) is 0 Å². The highest BCUT2D eigenvalue weighted by Gasteiger charge is 2.34. The van der Waals surface area contributed by atoms with Crippen LogP contribution in [0, 0.1) is 12.7 Å². The van der Waals surface area contributed by atoms with Gasteiger partial charge < -0.3 is 9.80 Å². The number of amides is 2. The Morgan fingerprint density at radius 1 is 1.00 bits per heavy atom. The molecular formula is C26H35FN2O2S. The average molecular weight is 459 g/mol. The Bertz CT molecular complexity index is 876. The van der Waals surface area contributed by atoms with Gasteiger partial charge in [-0.05, 0) is 60.9 Å². The van der Waals surface area contributed by atoms with E-state index in [1.807, 2.05) is 12.3 Å². The van der Waals surface area contributed by atoms with Gasteiger partial charge in [0.2, 0.25) is 11.8 Å². The molecule has 174 valence electrons. The van der Waals surface area contributed by atoms with Crippen molar-refractivity contribution in [2.75, 3.05) is 6.54 Å². The second kappa shape index (κ2) is 12.1. The van der Waals surface area contributed by atoms with E-state index in [1.54, 1.807) is 33.3 Å². The molecular weight excluding hydrogens is 423 g/mol. The quantitative estimate of drug-likeness (QED) is 0.342. The van der Waals surface area contributed by atoms with Crippen molar-refractivity contribution in [1.29, 1.82) is 0 Å². The van der Waals surface area contributed by atoms with E-state index in [0.717, 1.165) is 48.1 Å². The summed E-state index contributed by atoms with van der Waals surface area (Å²) in [6.07, 6.45) is 8.01. The number of aryl methyl sites for hydroxylation is 1. The largest absolute Gasteiger partial charge is 0.332 e. The van der Waals surface area contributed by atoms with Crippen LogP contribution in [0.5, 0.6) is 0 Å². The number of rotatable bonds is 13. The average Bonchev–Trinajstić information content (AvgIpc) is 3.54. The zero-order valence-electron chi connectivity index (χ0n) is 19.3. The summed E-state index contributed by atoms with van der Waals surface area (Å²) in [4.78, 5) is 31.0. The molecule has 1 fully saturated rings. The Labute approximate surface area is 195 Å². The molecule has 2 amide bonds. The van der Waals surface area contributed by atoms with Crippen LogP contribution in [0.25, 0.3) is 0 Å². The molecule has 32 heavy (non-hydrogen) atoms. The highest BCUT2D eigenvalue weighted by atomic mass is 32.1. The van der Waals surface area contributed by atoms with Gasteiger partial charge in [0, 0.05) is 23.9 Å². The Morgan fingerprint density at radius 2 is 1.72 bits per heavy atom. The van der Waals surface area contributed by atoms with Gasteiger partial charge in [-0.25, -0.2) is 4.39 Å². The summed E-state index contributed by atoms with van der Waals surface area (Å²) in [5.74, 6) is -0.232. The van der Waals surface area contributed by atoms with Gasteiger partial charge in [0.15, 0.2) is 0 Å². The lowest BCUT2D eigenvalue weighted by atomic mass is 10.1. The van der Waals surface area contributed by atoms with E-state index in [4.69, 9.17) is 0 Å². The summed E-state index contributed by atoms with van der Waals surface area (Å²) in [5.41, 5.74) is 2.04. The van der Waals surface area contributed by atoms with Crippen LogP contribution >= 0.6 is 11.3 Å². The van der Waals surface area contributed by atoms with Crippen LogP contribution in [0.2, 0.25) is 0 Å². The third-order valence-corrected chi connectivity index (χ3v) is 7.06. The number of nitrogens with zero attached hydrogens (tertiary/aromatic N) is 2. The normalized spacial score (nSPS) is 13.2. The lowest BCUT2D eigenvalue weighted by Crippen LogP contribution is -2.43. The predicted molar refractivity (Wildman–Crippen MR) is 128 cm³/mol. The van der Waals surface area contributed by atoms with Crippen molar-refractivity contribution >= 4 is 23.2 Å². The first kappa shape index (κ1) is 24.4. The molecule has 0 atom stereocenters. The van der Waals surface area contributed by atoms with Gasteiger partial charge in [0.05, 0.1) is 6.54 Å². The monoisotopic (exact) mass is 458 g/mol. The van der Waals surface area contributed by atoms with E-state index in [1.165, 1.54) is 25.0 Å². The maximum absolute atomic E-state index is 13.4. The Hall–Kier alpha value is -2.21. The van der Waals surface area contributed by atoms with E-state index in [2.05, 4.69) is 13.0 Å². The number of carbonyl (C=O) groups is 2. The molecule has 0 bridgehead atoms. The fraction of sp³-hybridized carbons (Fsp3) is 0.538. The zero-order valence-corrected chi connectivity index (χ0v) is 20.1. The van der Waals surface area contributed by atoms with Crippen LogP contribution in [-0.2, 0) is 22.7 Å². The lowest BCUT2D eigenvalue weighted by molar-refractivity contribution is -0.141. The minimum Gasteiger partial charge on any atom is -0.332 e.